The van der Waals surface area contributed by atoms with E-state index in [-0.39, 0.29) is 23.7 Å². The molecule has 2 unspecified atom stereocenters. The van der Waals surface area contributed by atoms with Crippen LogP contribution in [-0.4, -0.2) is 45.7 Å². The third-order valence-corrected chi connectivity index (χ3v) is 3.09. The van der Waals surface area contributed by atoms with Crippen LogP contribution in [-0.2, 0) is 9.59 Å². The summed E-state index contributed by atoms with van der Waals surface area (Å²) in [6.07, 6.45) is 0.640. The number of aliphatic hydroxyl groups excluding tert-OH is 2. The summed E-state index contributed by atoms with van der Waals surface area (Å²) >= 11 is 0. The maximum absolute atomic E-state index is 11.6. The molecule has 14 heavy (non-hydrogen) atoms. The van der Waals surface area contributed by atoms with Crippen molar-refractivity contribution >= 4 is 11.8 Å². The molecule has 0 spiro atoms. The molecule has 2 fully saturated rings. The van der Waals surface area contributed by atoms with Gasteiger partial charge in [0.25, 0.3) is 0 Å². The van der Waals surface area contributed by atoms with Gasteiger partial charge in [-0.25, -0.2) is 0 Å². The molecule has 0 aromatic heterocycles. The average Bonchev–Trinajstić information content (AvgIpc) is 2.92. The van der Waals surface area contributed by atoms with Gasteiger partial charge in [0.05, 0.1) is 30.6 Å². The van der Waals surface area contributed by atoms with E-state index in [1.165, 1.54) is 6.92 Å². The topological polar surface area (TPSA) is 77.8 Å². The first-order valence-electron chi connectivity index (χ1n) is 4.65. The van der Waals surface area contributed by atoms with Gasteiger partial charge in [-0.3, -0.25) is 14.5 Å². The van der Waals surface area contributed by atoms with Crippen molar-refractivity contribution < 1.29 is 19.8 Å². The first kappa shape index (κ1) is 9.61. The van der Waals surface area contributed by atoms with Crippen LogP contribution >= 0.6 is 0 Å². The summed E-state index contributed by atoms with van der Waals surface area (Å²) in [6.45, 7) is 0.703. The van der Waals surface area contributed by atoms with Crippen molar-refractivity contribution in [2.45, 2.75) is 18.9 Å². The minimum Gasteiger partial charge on any atom is -0.394 e. The minimum atomic E-state index is -1.14. The van der Waals surface area contributed by atoms with E-state index in [0.29, 0.717) is 6.42 Å². The van der Waals surface area contributed by atoms with Gasteiger partial charge in [0, 0.05) is 0 Å². The van der Waals surface area contributed by atoms with Crippen molar-refractivity contribution in [3.8, 4) is 0 Å². The quantitative estimate of drug-likeness (QED) is 0.556. The molecule has 2 amide bonds. The van der Waals surface area contributed by atoms with E-state index < -0.39 is 18.8 Å². The number of carbonyl (C=O) groups is 2. The molecule has 1 heterocycles. The lowest BCUT2D eigenvalue weighted by molar-refractivity contribution is -0.152. The Morgan fingerprint density at radius 1 is 1.29 bits per heavy atom. The number of aliphatic hydroxyl groups is 2. The van der Waals surface area contributed by atoms with Gasteiger partial charge in [-0.1, -0.05) is 0 Å². The number of amides is 2. The maximum atomic E-state index is 11.6. The molecule has 0 bridgehead atoms. The summed E-state index contributed by atoms with van der Waals surface area (Å²) in [7, 11) is 0. The maximum Gasteiger partial charge on any atom is 0.233 e. The highest BCUT2D eigenvalue weighted by atomic mass is 16.3. The van der Waals surface area contributed by atoms with Crippen LogP contribution < -0.4 is 0 Å². The molecular weight excluding hydrogens is 186 g/mol. The van der Waals surface area contributed by atoms with Crippen molar-refractivity contribution in [3.05, 3.63) is 0 Å². The predicted octanol–water partition coefficient (Wildman–Crippen LogP) is -1.27. The number of hydrogen-bond donors (Lipinski definition) is 2. The monoisotopic (exact) mass is 199 g/mol. The molecule has 1 aliphatic heterocycles. The molecule has 78 valence electrons. The zero-order valence-electron chi connectivity index (χ0n) is 7.93. The van der Waals surface area contributed by atoms with Crippen molar-refractivity contribution in [1.29, 1.82) is 0 Å². The minimum absolute atomic E-state index is 0.181. The predicted molar refractivity (Wildman–Crippen MR) is 46.0 cm³/mol. The Balaban J connectivity index is 2.26. The molecule has 2 N–H and O–H groups in total. The van der Waals surface area contributed by atoms with Crippen LogP contribution in [0.4, 0.5) is 0 Å². The number of imide groups is 1. The van der Waals surface area contributed by atoms with Crippen molar-refractivity contribution in [2.24, 2.45) is 11.8 Å². The van der Waals surface area contributed by atoms with Crippen LogP contribution in [0, 0.1) is 11.8 Å². The molecule has 1 saturated heterocycles. The molecule has 0 radical (unpaired) electrons. The second kappa shape index (κ2) is 2.77. The summed E-state index contributed by atoms with van der Waals surface area (Å²) in [6, 6.07) is 0. The largest absolute Gasteiger partial charge is 0.394 e. The fraction of sp³-hybridized carbons (Fsp3) is 0.778. The third kappa shape index (κ3) is 1.02. The number of fused-ring (bicyclic) bond motifs is 1. The average molecular weight is 199 g/mol. The molecule has 5 heteroatoms. The fourth-order valence-corrected chi connectivity index (χ4v) is 1.90. The molecular formula is C9H13NO4. The highest BCUT2D eigenvalue weighted by Gasteiger charge is 2.62. The number of likely N-dealkylation sites (tertiary alicyclic amines) is 1. The molecule has 2 rings (SSSR count). The highest BCUT2D eigenvalue weighted by molar-refractivity contribution is 6.09. The standard InChI is InChI=1S/C9H13NO4/c1-9(3-11,4-12)10-7(13)5-2-6(5)8(10)14/h5-6,11-12H,2-4H2,1H3. The Labute approximate surface area is 81.3 Å². The van der Waals surface area contributed by atoms with E-state index in [4.69, 9.17) is 10.2 Å². The van der Waals surface area contributed by atoms with Crippen molar-refractivity contribution in [2.75, 3.05) is 13.2 Å². The first-order chi connectivity index (χ1) is 6.55. The lowest BCUT2D eigenvalue weighted by Crippen LogP contribution is -2.55. The molecule has 1 saturated carbocycles. The van der Waals surface area contributed by atoms with Gasteiger partial charge in [-0.15, -0.1) is 0 Å². The van der Waals surface area contributed by atoms with Crippen LogP contribution in [0.1, 0.15) is 13.3 Å². The van der Waals surface area contributed by atoms with Gasteiger partial charge in [0.2, 0.25) is 11.8 Å². The van der Waals surface area contributed by atoms with Gasteiger partial charge < -0.3 is 10.2 Å². The molecule has 5 nitrogen and oxygen atoms in total. The molecule has 2 aliphatic rings. The van der Waals surface area contributed by atoms with Crippen LogP contribution in [0.25, 0.3) is 0 Å². The van der Waals surface area contributed by atoms with E-state index in [1.807, 2.05) is 0 Å². The number of carbonyl (C=O) groups excluding carboxylic acids is 2. The van der Waals surface area contributed by atoms with E-state index >= 15 is 0 Å². The number of hydrogen-bond acceptors (Lipinski definition) is 4. The fourth-order valence-electron chi connectivity index (χ4n) is 1.90. The van der Waals surface area contributed by atoms with E-state index in [9.17, 15) is 9.59 Å². The summed E-state index contributed by atoms with van der Waals surface area (Å²) in [5, 5.41) is 18.2. The van der Waals surface area contributed by atoms with Gasteiger partial charge in [-0.05, 0) is 13.3 Å². The zero-order valence-corrected chi connectivity index (χ0v) is 7.93. The Kier molecular flexibility index (Phi) is 1.90. The van der Waals surface area contributed by atoms with E-state index in [1.54, 1.807) is 0 Å². The smallest absolute Gasteiger partial charge is 0.233 e. The van der Waals surface area contributed by atoms with Gasteiger partial charge in [-0.2, -0.15) is 0 Å². The Morgan fingerprint density at radius 3 is 2.07 bits per heavy atom. The third-order valence-electron chi connectivity index (χ3n) is 3.09. The van der Waals surface area contributed by atoms with Crippen LogP contribution in [0.5, 0.6) is 0 Å². The SMILES string of the molecule is CC(CO)(CO)N1C(=O)C2CC2C1=O. The Hall–Kier alpha value is -0.940. The van der Waals surface area contributed by atoms with Crippen molar-refractivity contribution in [3.63, 3.8) is 0 Å². The van der Waals surface area contributed by atoms with Gasteiger partial charge in [0.15, 0.2) is 0 Å². The normalized spacial score (nSPS) is 30.9. The van der Waals surface area contributed by atoms with E-state index in [2.05, 4.69) is 0 Å². The highest BCUT2D eigenvalue weighted by Crippen LogP contribution is 2.48. The Morgan fingerprint density at radius 2 is 1.71 bits per heavy atom. The summed E-state index contributed by atoms with van der Waals surface area (Å²) < 4.78 is 0. The second-order valence-electron chi connectivity index (χ2n) is 4.27. The summed E-state index contributed by atoms with van der Waals surface area (Å²) in [5.41, 5.74) is -1.14. The number of nitrogens with zero attached hydrogens (tertiary/aromatic N) is 1. The summed E-state index contributed by atoms with van der Waals surface area (Å²) in [5.74, 6) is -0.851. The van der Waals surface area contributed by atoms with Crippen LogP contribution in [0.3, 0.4) is 0 Å². The second-order valence-corrected chi connectivity index (χ2v) is 4.27. The molecule has 0 aromatic carbocycles. The lowest BCUT2D eigenvalue weighted by atomic mass is 10.0. The van der Waals surface area contributed by atoms with E-state index in [0.717, 1.165) is 4.90 Å². The Bertz CT molecular complexity index is 277. The molecule has 2 atom stereocenters. The van der Waals surface area contributed by atoms with Crippen molar-refractivity contribution in [1.82, 2.24) is 4.90 Å². The van der Waals surface area contributed by atoms with Gasteiger partial charge >= 0.3 is 0 Å². The number of rotatable bonds is 3. The lowest BCUT2D eigenvalue weighted by Gasteiger charge is -2.34. The van der Waals surface area contributed by atoms with Crippen LogP contribution in [0.2, 0.25) is 0 Å². The molecule has 1 aliphatic carbocycles. The first-order valence-corrected chi connectivity index (χ1v) is 4.65. The number of piperidine rings is 1. The zero-order chi connectivity index (χ0) is 10.5. The van der Waals surface area contributed by atoms with Gasteiger partial charge in [0.1, 0.15) is 0 Å². The summed E-state index contributed by atoms with van der Waals surface area (Å²) in [4.78, 5) is 24.2. The van der Waals surface area contributed by atoms with Crippen LogP contribution in [0.15, 0.2) is 0 Å². The molecule has 0 aromatic rings.